The van der Waals surface area contributed by atoms with Gasteiger partial charge in [-0.2, -0.15) is 0 Å². The van der Waals surface area contributed by atoms with Gasteiger partial charge in [0.2, 0.25) is 0 Å². The second kappa shape index (κ2) is 17.0. The van der Waals surface area contributed by atoms with Crippen molar-refractivity contribution in [3.63, 3.8) is 0 Å². The van der Waals surface area contributed by atoms with Crippen LogP contribution >= 0.6 is 0 Å². The van der Waals surface area contributed by atoms with Gasteiger partial charge in [-0.15, -0.1) is 0 Å². The molecule has 7 nitrogen and oxygen atoms in total. The summed E-state index contributed by atoms with van der Waals surface area (Å²) in [6, 6.07) is 14.3. The number of nitrogens with one attached hydrogen (secondary N) is 1. The number of aromatic amines is 1. The third kappa shape index (κ3) is 9.79. The van der Waals surface area contributed by atoms with Crippen molar-refractivity contribution in [2.24, 2.45) is 0 Å². The minimum absolute atomic E-state index is 0.0405. The number of esters is 3. The summed E-state index contributed by atoms with van der Waals surface area (Å²) in [6.45, 7) is 25.8. The molecule has 0 bridgehead atoms. The van der Waals surface area contributed by atoms with E-state index in [0.717, 1.165) is 46.0 Å². The smallest absolute Gasteiger partial charge is 0.340 e. The minimum atomic E-state index is -0.254. The average Bonchev–Trinajstić information content (AvgIpc) is 3.87. The Morgan fingerprint density at radius 3 is 1.78 bits per heavy atom. The maximum atomic E-state index is 12.2. The van der Waals surface area contributed by atoms with Crippen LogP contribution in [0.25, 0.3) is 23.1 Å². The Morgan fingerprint density at radius 1 is 0.611 bits per heavy atom. The molecule has 2 aliphatic rings. The average molecular weight is 734 g/mol. The summed E-state index contributed by atoms with van der Waals surface area (Å²) >= 11 is 0. The fourth-order valence-corrected chi connectivity index (χ4v) is 6.67. The Morgan fingerprint density at radius 2 is 1.19 bits per heavy atom. The maximum absolute atomic E-state index is 12.2. The molecule has 3 aromatic carbocycles. The first-order valence-corrected chi connectivity index (χ1v) is 19.1. The van der Waals surface area contributed by atoms with Crippen LogP contribution in [0.2, 0.25) is 0 Å². The van der Waals surface area contributed by atoms with E-state index >= 15 is 0 Å². The Balaban J connectivity index is 0.000000180. The summed E-state index contributed by atoms with van der Waals surface area (Å²) in [6.07, 6.45) is 12.0. The van der Waals surface area contributed by atoms with Gasteiger partial charge in [-0.25, -0.2) is 14.4 Å². The zero-order valence-corrected chi connectivity index (χ0v) is 34.4. The van der Waals surface area contributed by atoms with Gasteiger partial charge in [0.1, 0.15) is 0 Å². The molecule has 4 aromatic rings. The lowest BCUT2D eigenvalue weighted by molar-refractivity contribution is 0.0514. The lowest BCUT2D eigenvalue weighted by Gasteiger charge is -2.23. The molecule has 0 unspecified atom stereocenters. The highest BCUT2D eigenvalue weighted by atomic mass is 16.5. The number of ether oxygens (including phenoxy) is 3. The van der Waals surface area contributed by atoms with Crippen LogP contribution in [-0.2, 0) is 43.3 Å². The Kier molecular flexibility index (Phi) is 13.2. The first kappa shape index (κ1) is 41.8. The first-order valence-electron chi connectivity index (χ1n) is 19.1. The van der Waals surface area contributed by atoms with Crippen LogP contribution in [0.1, 0.15) is 153 Å². The molecule has 0 saturated carbocycles. The largest absolute Gasteiger partial charge is 0.462 e. The van der Waals surface area contributed by atoms with E-state index in [-0.39, 0.29) is 34.2 Å². The second-order valence-corrected chi connectivity index (χ2v) is 16.7. The lowest BCUT2D eigenvalue weighted by Crippen LogP contribution is -2.19. The third-order valence-electron chi connectivity index (χ3n) is 9.48. The number of benzene rings is 3. The van der Waals surface area contributed by atoms with Crippen molar-refractivity contribution in [3.05, 3.63) is 116 Å². The van der Waals surface area contributed by atoms with Crippen molar-refractivity contribution in [2.75, 3.05) is 19.8 Å². The first-order chi connectivity index (χ1) is 25.3. The number of aromatic nitrogens is 1. The normalized spacial score (nSPS) is 13.0. The molecule has 0 aliphatic heterocycles. The van der Waals surface area contributed by atoms with Crippen molar-refractivity contribution in [1.29, 1.82) is 0 Å². The van der Waals surface area contributed by atoms with Gasteiger partial charge in [-0.05, 0) is 107 Å². The van der Waals surface area contributed by atoms with Gasteiger partial charge in [0.25, 0.3) is 0 Å². The number of hydrogen-bond acceptors (Lipinski definition) is 6. The molecular weight excluding hydrogens is 675 g/mol. The summed E-state index contributed by atoms with van der Waals surface area (Å²) in [5.41, 5.74) is 10.8. The second-order valence-electron chi connectivity index (χ2n) is 16.7. The molecule has 0 atom stereocenters. The molecule has 1 heterocycles. The van der Waals surface area contributed by atoms with Crippen LogP contribution in [-0.4, -0.2) is 42.7 Å². The molecule has 6 rings (SSSR count). The van der Waals surface area contributed by atoms with Crippen LogP contribution < -0.4 is 0 Å². The van der Waals surface area contributed by atoms with E-state index in [1.165, 1.54) is 16.7 Å². The number of carbonyl (C=O) groups excluding carboxylic acids is 3. The van der Waals surface area contributed by atoms with E-state index in [0.29, 0.717) is 36.5 Å². The van der Waals surface area contributed by atoms with E-state index in [9.17, 15) is 14.4 Å². The summed E-state index contributed by atoms with van der Waals surface area (Å²) < 4.78 is 15.5. The molecule has 288 valence electrons. The molecule has 0 radical (unpaired) electrons. The van der Waals surface area contributed by atoms with E-state index in [1.807, 2.05) is 63.4 Å². The van der Waals surface area contributed by atoms with Gasteiger partial charge in [0, 0.05) is 11.6 Å². The van der Waals surface area contributed by atoms with Gasteiger partial charge in [-0.1, -0.05) is 111 Å². The fourth-order valence-electron chi connectivity index (χ4n) is 6.67. The SMILES string of the molecule is CCOC(=O)c1c(C(C)(C)C)ccc2cc[nH]c12.CCOC(=O)c1cc(C(C)(C)C)cc2c1C=CC2.CCOC(=O)c1cc2c(cc1C(C)(C)C)CC=C2. The molecular formula is C47H59NO6. The van der Waals surface area contributed by atoms with Crippen LogP contribution in [0.3, 0.4) is 0 Å². The topological polar surface area (TPSA) is 94.7 Å². The van der Waals surface area contributed by atoms with Crippen LogP contribution in [0.4, 0.5) is 0 Å². The van der Waals surface area contributed by atoms with Gasteiger partial charge in [0.15, 0.2) is 0 Å². The Hall–Kier alpha value is -4.91. The summed E-state index contributed by atoms with van der Waals surface area (Å²) in [5, 5.41) is 1.03. The maximum Gasteiger partial charge on any atom is 0.340 e. The molecule has 1 aromatic heterocycles. The zero-order chi connectivity index (χ0) is 40.0. The summed E-state index contributed by atoms with van der Waals surface area (Å²) in [5.74, 6) is -0.688. The van der Waals surface area contributed by atoms with Crippen LogP contribution in [0.5, 0.6) is 0 Å². The van der Waals surface area contributed by atoms with Crippen LogP contribution in [0.15, 0.2) is 60.8 Å². The number of allylic oxidation sites excluding steroid dienone is 2. The fraction of sp³-hybridized carbons (Fsp3) is 0.426. The standard InChI is InChI=1S/2C16H20O2.C15H19NO2/c1-5-18-15(17)14-10-12(16(2,3)4)9-11-7-6-8-13(11)14;1-5-18-15(17)13-9-11-7-6-8-12(11)10-14(13)16(2,3)4;1-5-18-14(17)12-11(15(2,3)4)7-6-10-8-9-16-13(10)12/h6,8-10H,5,7H2,1-4H3;6-7,9-10H,5,8H2,1-4H3;6-9,16H,5H2,1-4H3. The molecule has 0 spiro atoms. The van der Waals surface area contributed by atoms with E-state index in [2.05, 4.69) is 97.7 Å². The number of H-pyrrole nitrogens is 1. The molecule has 54 heavy (non-hydrogen) atoms. The van der Waals surface area contributed by atoms with Gasteiger partial charge >= 0.3 is 17.9 Å². The van der Waals surface area contributed by atoms with Gasteiger partial charge in [0.05, 0.1) is 42.0 Å². The Labute approximate surface area is 322 Å². The molecule has 2 aliphatic carbocycles. The summed E-state index contributed by atoms with van der Waals surface area (Å²) in [4.78, 5) is 39.4. The highest BCUT2D eigenvalue weighted by Crippen LogP contribution is 2.34. The van der Waals surface area contributed by atoms with Crippen molar-refractivity contribution >= 4 is 41.0 Å². The lowest BCUT2D eigenvalue weighted by atomic mass is 9.82. The zero-order valence-electron chi connectivity index (χ0n) is 34.4. The minimum Gasteiger partial charge on any atom is -0.462 e. The Bertz CT molecular complexity index is 2060. The molecule has 0 saturated heterocycles. The predicted molar refractivity (Wildman–Crippen MR) is 221 cm³/mol. The molecule has 1 N–H and O–H groups in total. The molecule has 0 fully saturated rings. The van der Waals surface area contributed by atoms with Crippen LogP contribution in [0, 0.1) is 0 Å². The number of rotatable bonds is 6. The molecule has 0 amide bonds. The highest BCUT2D eigenvalue weighted by Gasteiger charge is 2.27. The van der Waals surface area contributed by atoms with E-state index in [1.54, 1.807) is 0 Å². The third-order valence-corrected chi connectivity index (χ3v) is 9.48. The van der Waals surface area contributed by atoms with Gasteiger partial charge in [-0.3, -0.25) is 0 Å². The highest BCUT2D eigenvalue weighted by molar-refractivity contribution is 6.04. The predicted octanol–water partition coefficient (Wildman–Crippen LogP) is 11.1. The van der Waals surface area contributed by atoms with Gasteiger partial charge < -0.3 is 19.2 Å². The van der Waals surface area contributed by atoms with Crippen molar-refractivity contribution < 1.29 is 28.6 Å². The number of fused-ring (bicyclic) bond motifs is 3. The molecule has 7 heteroatoms. The van der Waals surface area contributed by atoms with E-state index in [4.69, 9.17) is 14.2 Å². The number of carbonyl (C=O) groups is 3. The van der Waals surface area contributed by atoms with Crippen molar-refractivity contribution in [2.45, 2.75) is 112 Å². The van der Waals surface area contributed by atoms with Crippen molar-refractivity contribution in [1.82, 2.24) is 4.98 Å². The number of hydrogen-bond donors (Lipinski definition) is 1. The van der Waals surface area contributed by atoms with Crippen molar-refractivity contribution in [3.8, 4) is 0 Å². The van der Waals surface area contributed by atoms with E-state index < -0.39 is 0 Å². The summed E-state index contributed by atoms with van der Waals surface area (Å²) in [7, 11) is 0. The monoisotopic (exact) mass is 733 g/mol. The quantitative estimate of drug-likeness (QED) is 0.157.